The molecule has 0 bridgehead atoms. The van der Waals surface area contributed by atoms with Crippen molar-refractivity contribution < 1.29 is 23.5 Å². The van der Waals surface area contributed by atoms with Crippen LogP contribution in [0.1, 0.15) is 28.4 Å². The summed E-state index contributed by atoms with van der Waals surface area (Å²) >= 11 is 0. The van der Waals surface area contributed by atoms with Crippen molar-refractivity contribution in [3.8, 4) is 22.9 Å². The van der Waals surface area contributed by atoms with Crippen LogP contribution >= 0.6 is 0 Å². The molecule has 10 nitrogen and oxygen atoms in total. The molecule has 0 saturated carbocycles. The molecule has 0 saturated heterocycles. The molecule has 2 aromatic heterocycles. The Morgan fingerprint density at radius 1 is 1.03 bits per heavy atom. The molecule has 1 aliphatic rings. The van der Waals surface area contributed by atoms with Gasteiger partial charge < -0.3 is 20.1 Å². The summed E-state index contributed by atoms with van der Waals surface area (Å²) in [4.78, 5) is 47.7. The average Bonchev–Trinajstić information content (AvgIpc) is 3.43. The van der Waals surface area contributed by atoms with Gasteiger partial charge in [-0.15, -0.1) is 0 Å². The molecule has 39 heavy (non-hydrogen) atoms. The van der Waals surface area contributed by atoms with Crippen molar-refractivity contribution >= 4 is 17.4 Å². The number of amides is 1. The van der Waals surface area contributed by atoms with Crippen LogP contribution in [0, 0.1) is 5.82 Å². The smallest absolute Gasteiger partial charge is 0.277 e. The van der Waals surface area contributed by atoms with E-state index in [1.54, 1.807) is 38.2 Å². The van der Waals surface area contributed by atoms with Crippen molar-refractivity contribution in [1.29, 1.82) is 0 Å². The highest BCUT2D eigenvalue weighted by molar-refractivity contribution is 6.08. The van der Waals surface area contributed by atoms with Crippen LogP contribution in [0.2, 0.25) is 0 Å². The molecule has 0 fully saturated rings. The van der Waals surface area contributed by atoms with Gasteiger partial charge in [-0.1, -0.05) is 0 Å². The van der Waals surface area contributed by atoms with Gasteiger partial charge >= 0.3 is 0 Å². The number of fused-ring (bicyclic) bond motifs is 1. The van der Waals surface area contributed by atoms with E-state index in [0.717, 1.165) is 0 Å². The fourth-order valence-corrected chi connectivity index (χ4v) is 4.01. The molecule has 0 radical (unpaired) electrons. The number of nitrogens with zero attached hydrogens (tertiary/aromatic N) is 3. The summed E-state index contributed by atoms with van der Waals surface area (Å²) in [6.07, 6.45) is 4.25. The molecular weight excluding hydrogens is 505 g/mol. The second-order valence-electron chi connectivity index (χ2n) is 8.87. The van der Waals surface area contributed by atoms with Gasteiger partial charge in [0, 0.05) is 29.1 Å². The lowest BCUT2D eigenvalue weighted by Crippen LogP contribution is -2.38. The van der Waals surface area contributed by atoms with E-state index >= 15 is 0 Å². The Morgan fingerprint density at radius 2 is 1.79 bits per heavy atom. The number of nitrogens with one attached hydrogen (secondary N) is 2. The maximum absolute atomic E-state index is 13.6. The SMILES string of the molecule is CN[C@@H](C)C(=O)Nc1cnc(-c2ccc3c(c2)OCO3)n(Cc2cncc(C(=O)c3ccc(F)cc3)c2)c1=O. The molecule has 3 heterocycles. The molecule has 0 spiro atoms. The summed E-state index contributed by atoms with van der Waals surface area (Å²) in [7, 11) is 1.64. The first-order chi connectivity index (χ1) is 18.8. The third-order valence-corrected chi connectivity index (χ3v) is 6.27. The van der Waals surface area contributed by atoms with E-state index in [2.05, 4.69) is 20.6 Å². The number of benzene rings is 2. The van der Waals surface area contributed by atoms with Gasteiger partial charge in [0.1, 0.15) is 17.3 Å². The first-order valence-electron chi connectivity index (χ1n) is 12.1. The Balaban J connectivity index is 1.54. The van der Waals surface area contributed by atoms with Crippen LogP contribution in [0.3, 0.4) is 0 Å². The number of hydrogen-bond donors (Lipinski definition) is 2. The van der Waals surface area contributed by atoms with Gasteiger partial charge in [-0.25, -0.2) is 9.37 Å². The third-order valence-electron chi connectivity index (χ3n) is 6.27. The highest BCUT2D eigenvalue weighted by Crippen LogP contribution is 2.35. The lowest BCUT2D eigenvalue weighted by Gasteiger charge is -2.16. The minimum Gasteiger partial charge on any atom is -0.454 e. The Bertz CT molecular complexity index is 1620. The van der Waals surface area contributed by atoms with Crippen LogP contribution in [0.4, 0.5) is 10.1 Å². The van der Waals surface area contributed by atoms with E-state index < -0.39 is 23.3 Å². The highest BCUT2D eigenvalue weighted by atomic mass is 19.1. The van der Waals surface area contributed by atoms with E-state index in [0.29, 0.717) is 34.0 Å². The molecule has 198 valence electrons. The molecule has 4 aromatic rings. The number of carbonyl (C=O) groups is 2. The van der Waals surface area contributed by atoms with Crippen LogP contribution in [0.5, 0.6) is 11.5 Å². The van der Waals surface area contributed by atoms with Gasteiger partial charge in [-0.05, 0) is 68.1 Å². The number of anilines is 1. The second kappa shape index (κ2) is 10.8. The van der Waals surface area contributed by atoms with Gasteiger partial charge in [-0.3, -0.25) is 23.9 Å². The molecule has 5 rings (SSSR count). The van der Waals surface area contributed by atoms with Gasteiger partial charge in [0.25, 0.3) is 5.56 Å². The summed E-state index contributed by atoms with van der Waals surface area (Å²) in [5.41, 5.74) is 1.21. The van der Waals surface area contributed by atoms with Gasteiger partial charge in [0.2, 0.25) is 12.7 Å². The van der Waals surface area contributed by atoms with E-state index in [4.69, 9.17) is 9.47 Å². The summed E-state index contributed by atoms with van der Waals surface area (Å²) in [5.74, 6) is 0.224. The molecule has 1 amide bonds. The fourth-order valence-electron chi connectivity index (χ4n) is 4.01. The maximum Gasteiger partial charge on any atom is 0.277 e. The molecule has 2 N–H and O–H groups in total. The second-order valence-corrected chi connectivity index (χ2v) is 8.87. The number of halogens is 1. The van der Waals surface area contributed by atoms with Crippen molar-refractivity contribution in [2.24, 2.45) is 0 Å². The minimum absolute atomic E-state index is 0.00155. The van der Waals surface area contributed by atoms with Crippen molar-refractivity contribution in [2.75, 3.05) is 19.2 Å². The largest absolute Gasteiger partial charge is 0.454 e. The van der Waals surface area contributed by atoms with E-state index in [1.807, 2.05) is 0 Å². The number of likely N-dealkylation sites (N-methyl/N-ethyl adjacent to an activating group) is 1. The standard InChI is InChI=1S/C28H24FN5O5/c1-16(30-2)27(36)33-22-13-32-26(19-5-8-23-24(10-19)39-15-38-23)34(28(22)37)14-17-9-20(12-31-11-17)25(35)18-3-6-21(29)7-4-18/h3-13,16,30H,14-15H2,1-2H3,(H,33,36)/t16-/m0/s1. The summed E-state index contributed by atoms with van der Waals surface area (Å²) in [6.45, 7) is 1.75. The van der Waals surface area contributed by atoms with Gasteiger partial charge in [-0.2, -0.15) is 0 Å². The van der Waals surface area contributed by atoms with Gasteiger partial charge in [0.05, 0.1) is 18.8 Å². The predicted octanol–water partition coefficient (Wildman–Crippen LogP) is 3.00. The Morgan fingerprint density at radius 3 is 2.56 bits per heavy atom. The van der Waals surface area contributed by atoms with E-state index in [-0.39, 0.29) is 30.4 Å². The number of ketones is 1. The quantitative estimate of drug-likeness (QED) is 0.334. The average molecular weight is 530 g/mol. The van der Waals surface area contributed by atoms with Crippen molar-refractivity contribution in [2.45, 2.75) is 19.5 Å². The molecule has 0 aliphatic carbocycles. The highest BCUT2D eigenvalue weighted by Gasteiger charge is 2.20. The Labute approximate surface area is 222 Å². The zero-order valence-electron chi connectivity index (χ0n) is 21.1. The topological polar surface area (TPSA) is 124 Å². The van der Waals surface area contributed by atoms with Crippen LogP contribution in [-0.4, -0.2) is 46.1 Å². The van der Waals surface area contributed by atoms with Crippen LogP contribution in [0.25, 0.3) is 11.4 Å². The number of carbonyl (C=O) groups excluding carboxylic acids is 2. The van der Waals surface area contributed by atoms with Crippen LogP contribution < -0.4 is 25.7 Å². The zero-order chi connectivity index (χ0) is 27.5. The summed E-state index contributed by atoms with van der Waals surface area (Å²) in [6, 6.07) is 11.5. The first kappa shape index (κ1) is 25.7. The van der Waals surface area contributed by atoms with Crippen molar-refractivity contribution in [3.05, 3.63) is 100.0 Å². The van der Waals surface area contributed by atoms with Crippen molar-refractivity contribution in [3.63, 3.8) is 0 Å². The zero-order valence-corrected chi connectivity index (χ0v) is 21.1. The van der Waals surface area contributed by atoms with Crippen molar-refractivity contribution in [1.82, 2.24) is 19.9 Å². The maximum atomic E-state index is 13.6. The number of hydrogen-bond acceptors (Lipinski definition) is 8. The first-order valence-corrected chi connectivity index (χ1v) is 12.1. The Kier molecular flexibility index (Phi) is 7.15. The van der Waals surface area contributed by atoms with Gasteiger partial charge in [0.15, 0.2) is 17.3 Å². The number of pyridine rings is 1. The molecule has 1 atom stereocenters. The molecule has 2 aromatic carbocycles. The lowest BCUT2D eigenvalue weighted by atomic mass is 10.0. The Hall–Kier alpha value is -4.90. The molecular formula is C28H24FN5O5. The van der Waals surface area contributed by atoms with E-state index in [9.17, 15) is 18.8 Å². The van der Waals surface area contributed by atoms with E-state index in [1.165, 1.54) is 47.4 Å². The molecule has 11 heteroatoms. The summed E-state index contributed by atoms with van der Waals surface area (Å²) < 4.78 is 25.6. The minimum atomic E-state index is -0.537. The number of aromatic nitrogens is 3. The summed E-state index contributed by atoms with van der Waals surface area (Å²) in [5, 5.41) is 5.45. The normalized spacial score (nSPS) is 12.7. The molecule has 0 unspecified atom stereocenters. The van der Waals surface area contributed by atoms with Crippen LogP contribution in [0.15, 0.2) is 71.9 Å². The predicted molar refractivity (Wildman–Crippen MR) is 140 cm³/mol. The number of ether oxygens (including phenoxy) is 2. The van der Waals surface area contributed by atoms with Crippen LogP contribution in [-0.2, 0) is 11.3 Å². The fraction of sp³-hybridized carbons (Fsp3) is 0.179. The number of rotatable bonds is 8. The monoisotopic (exact) mass is 529 g/mol. The third kappa shape index (κ3) is 5.39. The lowest BCUT2D eigenvalue weighted by molar-refractivity contribution is -0.117. The molecule has 1 aliphatic heterocycles.